The van der Waals surface area contributed by atoms with Gasteiger partial charge in [0.2, 0.25) is 0 Å². The maximum absolute atomic E-state index is 11.2. The van der Waals surface area contributed by atoms with Crippen LogP contribution in [0.4, 0.5) is 0 Å². The molecule has 1 rings (SSSR count). The summed E-state index contributed by atoms with van der Waals surface area (Å²) < 4.78 is 4.61. The van der Waals surface area contributed by atoms with Gasteiger partial charge in [-0.1, -0.05) is 0 Å². The fourth-order valence-corrected chi connectivity index (χ4v) is 1.81. The van der Waals surface area contributed by atoms with Gasteiger partial charge in [0.1, 0.15) is 5.54 Å². The summed E-state index contributed by atoms with van der Waals surface area (Å²) >= 11 is 5.47. The van der Waals surface area contributed by atoms with Crippen LogP contribution >= 0.6 is 11.8 Å². The Morgan fingerprint density at radius 3 is 3.08 bits per heavy atom. The molecule has 1 fully saturated rings. The second-order valence-electron chi connectivity index (χ2n) is 3.16. The number of nitrogens with zero attached hydrogens (tertiary/aromatic N) is 1. The first-order valence-electron chi connectivity index (χ1n) is 4.04. The maximum Gasteiger partial charge on any atom is 0.327 e. The Hall–Kier alpha value is -0.790. The minimum absolute atomic E-state index is 0.136. The van der Waals surface area contributed by atoms with Crippen LogP contribution in [0.15, 0.2) is 0 Å². The Labute approximate surface area is 81.9 Å². The van der Waals surface area contributed by atoms with E-state index in [1.54, 1.807) is 0 Å². The number of rotatable bonds is 4. The van der Waals surface area contributed by atoms with Crippen LogP contribution < -0.4 is 4.84 Å². The number of methoxy groups -OCH3 is 1. The first kappa shape index (κ1) is 10.3. The predicted molar refractivity (Wildman–Crippen MR) is 46.7 cm³/mol. The Balaban J connectivity index is 2.49. The Kier molecular flexibility index (Phi) is 3.12. The largest absolute Gasteiger partial charge is 0.468 e. The number of carbonyl (C=O) groups is 1. The topological polar surface area (TPSA) is 62.1 Å². The lowest BCUT2D eigenvalue weighted by molar-refractivity contribution is -0.144. The molecule has 13 heavy (non-hydrogen) atoms. The van der Waals surface area contributed by atoms with E-state index in [4.69, 9.17) is 17.0 Å². The molecular weight excluding hydrogens is 192 g/mol. The van der Waals surface area contributed by atoms with Gasteiger partial charge in [0, 0.05) is 6.42 Å². The lowest BCUT2D eigenvalue weighted by atomic mass is 10.1. The molecule has 1 saturated carbocycles. The van der Waals surface area contributed by atoms with Gasteiger partial charge in [-0.05, 0) is 30.5 Å². The summed E-state index contributed by atoms with van der Waals surface area (Å²) in [5.74, 6) is -0.206. The number of carbonyl (C=O) groups excluding carboxylic acids is 1. The van der Waals surface area contributed by atoms with Gasteiger partial charge in [0.15, 0.2) is 0 Å². The van der Waals surface area contributed by atoms with E-state index in [0.29, 0.717) is 19.3 Å². The lowest BCUT2D eigenvalue weighted by Crippen LogP contribution is -2.36. The third kappa shape index (κ3) is 1.77. The van der Waals surface area contributed by atoms with E-state index in [1.807, 2.05) is 6.07 Å². The second-order valence-corrected chi connectivity index (χ2v) is 3.34. The first-order valence-corrected chi connectivity index (χ1v) is 4.42. The van der Waals surface area contributed by atoms with E-state index >= 15 is 0 Å². The zero-order valence-corrected chi connectivity index (χ0v) is 8.10. The highest BCUT2D eigenvalue weighted by Gasteiger charge is 2.60. The zero-order valence-electron chi connectivity index (χ0n) is 7.34. The van der Waals surface area contributed by atoms with E-state index in [0.717, 1.165) is 0 Å². The number of hydrogen-bond acceptors (Lipinski definition) is 4. The van der Waals surface area contributed by atoms with Crippen molar-refractivity contribution in [1.29, 1.82) is 5.26 Å². The van der Waals surface area contributed by atoms with Gasteiger partial charge >= 0.3 is 5.97 Å². The molecule has 0 unspecified atom stereocenters. The molecule has 5 heteroatoms. The number of nitrogens with one attached hydrogen (secondary N) is 1. The summed E-state index contributed by atoms with van der Waals surface area (Å²) in [4.78, 5) is 13.7. The third-order valence-electron chi connectivity index (χ3n) is 2.43. The highest BCUT2D eigenvalue weighted by atomic mass is 35.5. The Morgan fingerprint density at radius 1 is 1.92 bits per heavy atom. The molecule has 0 aromatic carbocycles. The highest BCUT2D eigenvalue weighted by Crippen LogP contribution is 2.47. The fourth-order valence-electron chi connectivity index (χ4n) is 1.50. The molecule has 1 aliphatic carbocycles. The van der Waals surface area contributed by atoms with Crippen LogP contribution in [0, 0.1) is 17.2 Å². The SMILES string of the molecule is COC(=O)[C@@]1(NCl)C[C@H]1CCC#N. The molecule has 0 aromatic heterocycles. The van der Waals surface area contributed by atoms with Gasteiger partial charge in [-0.25, -0.2) is 4.84 Å². The van der Waals surface area contributed by atoms with E-state index in [1.165, 1.54) is 7.11 Å². The van der Waals surface area contributed by atoms with Gasteiger partial charge in [-0.3, -0.25) is 4.79 Å². The van der Waals surface area contributed by atoms with Crippen LogP contribution in [0.5, 0.6) is 0 Å². The van der Waals surface area contributed by atoms with Gasteiger partial charge < -0.3 is 4.74 Å². The van der Waals surface area contributed by atoms with Gasteiger partial charge in [0.25, 0.3) is 0 Å². The molecule has 0 radical (unpaired) electrons. The molecule has 4 nitrogen and oxygen atoms in total. The number of nitriles is 1. The summed E-state index contributed by atoms with van der Waals surface area (Å²) in [6, 6.07) is 2.03. The van der Waals surface area contributed by atoms with Crippen molar-refractivity contribution in [2.45, 2.75) is 24.8 Å². The molecule has 1 aliphatic rings. The molecule has 0 bridgehead atoms. The van der Waals surface area contributed by atoms with Gasteiger partial charge in [0.05, 0.1) is 13.2 Å². The number of esters is 1. The van der Waals surface area contributed by atoms with E-state index in [2.05, 4.69) is 9.57 Å². The van der Waals surface area contributed by atoms with Crippen molar-refractivity contribution < 1.29 is 9.53 Å². The van der Waals surface area contributed by atoms with Crippen LogP contribution in [0.25, 0.3) is 0 Å². The summed E-state index contributed by atoms with van der Waals surface area (Å²) in [5, 5.41) is 8.36. The number of halogens is 1. The van der Waals surface area contributed by atoms with Crippen molar-refractivity contribution in [3.8, 4) is 6.07 Å². The van der Waals surface area contributed by atoms with Crippen LogP contribution in [-0.2, 0) is 9.53 Å². The normalized spacial score (nSPS) is 30.7. The quantitative estimate of drug-likeness (QED) is 0.545. The van der Waals surface area contributed by atoms with Crippen LogP contribution in [0.3, 0.4) is 0 Å². The highest BCUT2D eigenvalue weighted by molar-refractivity contribution is 6.16. The number of hydrogen-bond donors (Lipinski definition) is 1. The minimum atomic E-state index is -0.729. The predicted octanol–water partition coefficient (Wildman–Crippen LogP) is 0.965. The third-order valence-corrected chi connectivity index (χ3v) is 2.77. The standard InChI is InChI=1S/C8H11ClN2O2/c1-13-7(12)8(11-9)5-6(8)3-2-4-10/h6,11H,2-3,5H2,1H3/t6-,8-/m1/s1. The van der Waals surface area contributed by atoms with Crippen molar-refractivity contribution in [2.75, 3.05) is 7.11 Å². The molecule has 1 N–H and O–H groups in total. The smallest absolute Gasteiger partial charge is 0.327 e. The minimum Gasteiger partial charge on any atom is -0.468 e. The molecule has 0 amide bonds. The average molecular weight is 203 g/mol. The second kappa shape index (κ2) is 3.95. The van der Waals surface area contributed by atoms with Crippen LogP contribution in [0.2, 0.25) is 0 Å². The van der Waals surface area contributed by atoms with Gasteiger partial charge in [-0.15, -0.1) is 0 Å². The Morgan fingerprint density at radius 2 is 2.62 bits per heavy atom. The molecule has 0 heterocycles. The monoisotopic (exact) mass is 202 g/mol. The summed E-state index contributed by atoms with van der Waals surface area (Å²) in [5.41, 5.74) is -0.729. The van der Waals surface area contributed by atoms with E-state index in [-0.39, 0.29) is 11.9 Å². The zero-order chi connectivity index (χ0) is 9.90. The molecule has 0 saturated heterocycles. The molecule has 72 valence electrons. The molecule has 0 aromatic rings. The van der Waals surface area contributed by atoms with Crippen LogP contribution in [-0.4, -0.2) is 18.6 Å². The maximum atomic E-state index is 11.2. The summed E-state index contributed by atoms with van der Waals surface area (Å²) in [6.45, 7) is 0. The number of ether oxygens (including phenoxy) is 1. The van der Waals surface area contributed by atoms with Crippen molar-refractivity contribution in [2.24, 2.45) is 5.92 Å². The van der Waals surface area contributed by atoms with Crippen molar-refractivity contribution >= 4 is 17.7 Å². The summed E-state index contributed by atoms with van der Waals surface area (Å²) in [6.07, 6.45) is 1.79. The van der Waals surface area contributed by atoms with E-state index < -0.39 is 5.54 Å². The fraction of sp³-hybridized carbons (Fsp3) is 0.750. The molecule has 0 aliphatic heterocycles. The molecule has 0 spiro atoms. The van der Waals surface area contributed by atoms with Crippen molar-refractivity contribution in [1.82, 2.24) is 4.84 Å². The first-order chi connectivity index (χ1) is 6.21. The van der Waals surface area contributed by atoms with E-state index in [9.17, 15) is 4.79 Å². The van der Waals surface area contributed by atoms with Gasteiger partial charge in [-0.2, -0.15) is 5.26 Å². The van der Waals surface area contributed by atoms with Crippen molar-refractivity contribution in [3.63, 3.8) is 0 Å². The lowest BCUT2D eigenvalue weighted by Gasteiger charge is -2.10. The average Bonchev–Trinajstić information content (AvgIpc) is 2.88. The molecule has 2 atom stereocenters. The molecular formula is C8H11ClN2O2. The Bertz CT molecular complexity index is 251. The summed E-state index contributed by atoms with van der Waals surface area (Å²) in [7, 11) is 1.33. The van der Waals surface area contributed by atoms with Crippen LogP contribution in [0.1, 0.15) is 19.3 Å². The van der Waals surface area contributed by atoms with Crippen molar-refractivity contribution in [3.05, 3.63) is 0 Å².